The molecule has 0 bridgehead atoms. The summed E-state index contributed by atoms with van der Waals surface area (Å²) in [5, 5.41) is 2.84. The number of nitrogens with zero attached hydrogens (tertiary/aromatic N) is 1. The molecule has 2 aromatic rings. The predicted octanol–water partition coefficient (Wildman–Crippen LogP) is 2.84. The summed E-state index contributed by atoms with van der Waals surface area (Å²) in [4.78, 5) is 26.0. The van der Waals surface area contributed by atoms with Gasteiger partial charge in [-0.2, -0.15) is 0 Å². The van der Waals surface area contributed by atoms with Crippen molar-refractivity contribution in [3.63, 3.8) is 0 Å². The van der Waals surface area contributed by atoms with E-state index in [0.29, 0.717) is 36.0 Å². The van der Waals surface area contributed by atoms with Crippen LogP contribution in [0.1, 0.15) is 13.3 Å². The molecule has 1 N–H and O–H groups in total. The Labute approximate surface area is 146 Å². The van der Waals surface area contributed by atoms with Gasteiger partial charge in [-0.15, -0.1) is 0 Å². The predicted molar refractivity (Wildman–Crippen MR) is 95.1 cm³/mol. The minimum atomic E-state index is -0.177. The third kappa shape index (κ3) is 3.91. The van der Waals surface area contributed by atoms with Gasteiger partial charge >= 0.3 is 0 Å². The number of anilines is 2. The lowest BCUT2D eigenvalue weighted by atomic mass is 10.2. The first-order chi connectivity index (χ1) is 12.2. The molecule has 0 aliphatic carbocycles. The molecule has 0 fully saturated rings. The van der Waals surface area contributed by atoms with E-state index in [1.807, 2.05) is 43.3 Å². The normalized spacial score (nSPS) is 13.0. The number of hydrogen-bond acceptors (Lipinski definition) is 4. The number of fused-ring (bicyclic) bond motifs is 1. The lowest BCUT2D eigenvalue weighted by Gasteiger charge is -2.29. The molecule has 0 spiro atoms. The SMILES string of the molecule is CCOc1ccccc1NC(=O)CCN1C(=O)COc2ccccc21. The zero-order valence-corrected chi connectivity index (χ0v) is 14.0. The number of carbonyl (C=O) groups is 2. The quantitative estimate of drug-likeness (QED) is 0.878. The maximum atomic E-state index is 12.3. The number of amides is 2. The fourth-order valence-corrected chi connectivity index (χ4v) is 2.68. The van der Waals surface area contributed by atoms with E-state index in [1.54, 1.807) is 17.0 Å². The largest absolute Gasteiger partial charge is 0.492 e. The van der Waals surface area contributed by atoms with E-state index in [-0.39, 0.29) is 24.8 Å². The van der Waals surface area contributed by atoms with E-state index in [1.165, 1.54) is 0 Å². The Morgan fingerprint density at radius 3 is 2.80 bits per heavy atom. The molecule has 1 aliphatic heterocycles. The average molecular weight is 340 g/mol. The van der Waals surface area contributed by atoms with Crippen LogP contribution in [-0.4, -0.2) is 31.6 Å². The number of ether oxygens (including phenoxy) is 2. The number of carbonyl (C=O) groups excluding carboxylic acids is 2. The van der Waals surface area contributed by atoms with Crippen molar-refractivity contribution in [1.82, 2.24) is 0 Å². The Kier molecular flexibility index (Phi) is 5.18. The van der Waals surface area contributed by atoms with Crippen LogP contribution >= 0.6 is 0 Å². The Balaban J connectivity index is 1.64. The molecule has 25 heavy (non-hydrogen) atoms. The third-order valence-corrected chi connectivity index (χ3v) is 3.83. The van der Waals surface area contributed by atoms with Crippen LogP contribution in [0.4, 0.5) is 11.4 Å². The molecule has 6 nitrogen and oxygen atoms in total. The number of nitrogens with one attached hydrogen (secondary N) is 1. The number of para-hydroxylation sites is 4. The molecule has 6 heteroatoms. The smallest absolute Gasteiger partial charge is 0.265 e. The molecular weight excluding hydrogens is 320 g/mol. The number of benzene rings is 2. The van der Waals surface area contributed by atoms with Gasteiger partial charge in [0, 0.05) is 13.0 Å². The molecule has 2 aromatic carbocycles. The zero-order valence-electron chi connectivity index (χ0n) is 14.0. The first-order valence-corrected chi connectivity index (χ1v) is 8.23. The Morgan fingerprint density at radius 2 is 1.96 bits per heavy atom. The molecule has 0 unspecified atom stereocenters. The van der Waals surface area contributed by atoms with Gasteiger partial charge in [-0.05, 0) is 31.2 Å². The molecule has 130 valence electrons. The van der Waals surface area contributed by atoms with E-state index in [2.05, 4.69) is 5.32 Å². The van der Waals surface area contributed by atoms with Crippen LogP contribution < -0.4 is 19.7 Å². The standard InChI is InChI=1S/C19H20N2O4/c1-2-24-16-9-5-3-7-14(16)20-18(22)11-12-21-15-8-4-6-10-17(15)25-13-19(21)23/h3-10H,2,11-13H2,1H3,(H,20,22). The van der Waals surface area contributed by atoms with Gasteiger partial charge in [0.2, 0.25) is 5.91 Å². The third-order valence-electron chi connectivity index (χ3n) is 3.83. The van der Waals surface area contributed by atoms with Crippen LogP contribution in [0.5, 0.6) is 11.5 Å². The average Bonchev–Trinajstić information content (AvgIpc) is 2.63. The number of rotatable bonds is 6. The summed E-state index contributed by atoms with van der Waals surface area (Å²) < 4.78 is 10.9. The van der Waals surface area contributed by atoms with Crippen LogP contribution in [-0.2, 0) is 9.59 Å². The van der Waals surface area contributed by atoms with E-state index in [4.69, 9.17) is 9.47 Å². The molecular formula is C19H20N2O4. The van der Waals surface area contributed by atoms with Crippen LogP contribution in [0, 0.1) is 0 Å². The van der Waals surface area contributed by atoms with Crippen molar-refractivity contribution in [2.45, 2.75) is 13.3 Å². The first-order valence-electron chi connectivity index (χ1n) is 8.23. The maximum absolute atomic E-state index is 12.3. The first kappa shape index (κ1) is 16.8. The fourth-order valence-electron chi connectivity index (χ4n) is 2.68. The summed E-state index contributed by atoms with van der Waals surface area (Å²) in [5.74, 6) is 0.959. The minimum Gasteiger partial charge on any atom is -0.492 e. The zero-order chi connectivity index (χ0) is 17.6. The number of hydrogen-bond donors (Lipinski definition) is 1. The van der Waals surface area contributed by atoms with Gasteiger partial charge < -0.3 is 19.7 Å². The lowest BCUT2D eigenvalue weighted by molar-refractivity contribution is -0.121. The molecule has 3 rings (SSSR count). The molecule has 0 aromatic heterocycles. The van der Waals surface area contributed by atoms with Gasteiger partial charge in [0.05, 0.1) is 18.0 Å². The Bertz CT molecular complexity index is 776. The monoisotopic (exact) mass is 340 g/mol. The molecule has 0 saturated heterocycles. The molecule has 0 saturated carbocycles. The van der Waals surface area contributed by atoms with Gasteiger partial charge in [-0.3, -0.25) is 9.59 Å². The second-order valence-electron chi connectivity index (χ2n) is 5.53. The summed E-state index contributed by atoms with van der Waals surface area (Å²) in [6, 6.07) is 14.6. The molecule has 2 amide bonds. The van der Waals surface area contributed by atoms with Crippen molar-refractivity contribution < 1.29 is 19.1 Å². The van der Waals surface area contributed by atoms with Gasteiger partial charge in [0.1, 0.15) is 11.5 Å². The summed E-state index contributed by atoms with van der Waals surface area (Å²) in [6.07, 6.45) is 0.181. The molecule has 1 aliphatic rings. The molecule has 0 radical (unpaired) electrons. The highest BCUT2D eigenvalue weighted by Gasteiger charge is 2.25. The van der Waals surface area contributed by atoms with Crippen molar-refractivity contribution in [3.8, 4) is 11.5 Å². The summed E-state index contributed by atoms with van der Waals surface area (Å²) in [5.41, 5.74) is 1.32. The van der Waals surface area contributed by atoms with E-state index < -0.39 is 0 Å². The minimum absolute atomic E-state index is 0.00813. The summed E-state index contributed by atoms with van der Waals surface area (Å²) in [7, 11) is 0. The van der Waals surface area contributed by atoms with Crippen molar-refractivity contribution in [1.29, 1.82) is 0 Å². The second kappa shape index (κ2) is 7.70. The Hall–Kier alpha value is -3.02. The fraction of sp³-hybridized carbons (Fsp3) is 0.263. The highest BCUT2D eigenvalue weighted by atomic mass is 16.5. The second-order valence-corrected chi connectivity index (χ2v) is 5.53. The highest BCUT2D eigenvalue weighted by Crippen LogP contribution is 2.31. The lowest BCUT2D eigenvalue weighted by Crippen LogP contribution is -2.40. The Morgan fingerprint density at radius 1 is 1.20 bits per heavy atom. The van der Waals surface area contributed by atoms with E-state index in [9.17, 15) is 9.59 Å². The van der Waals surface area contributed by atoms with Crippen LogP contribution in [0.2, 0.25) is 0 Å². The van der Waals surface area contributed by atoms with Crippen molar-refractivity contribution in [2.24, 2.45) is 0 Å². The van der Waals surface area contributed by atoms with Crippen molar-refractivity contribution >= 4 is 23.2 Å². The molecule has 1 heterocycles. The highest BCUT2D eigenvalue weighted by molar-refractivity contribution is 5.99. The van der Waals surface area contributed by atoms with Crippen molar-refractivity contribution in [3.05, 3.63) is 48.5 Å². The van der Waals surface area contributed by atoms with Crippen LogP contribution in [0.15, 0.2) is 48.5 Å². The topological polar surface area (TPSA) is 67.9 Å². The molecule has 0 atom stereocenters. The maximum Gasteiger partial charge on any atom is 0.265 e. The van der Waals surface area contributed by atoms with E-state index in [0.717, 1.165) is 0 Å². The van der Waals surface area contributed by atoms with Crippen LogP contribution in [0.25, 0.3) is 0 Å². The van der Waals surface area contributed by atoms with Crippen LogP contribution in [0.3, 0.4) is 0 Å². The van der Waals surface area contributed by atoms with Gasteiger partial charge in [0.15, 0.2) is 6.61 Å². The van der Waals surface area contributed by atoms with Gasteiger partial charge in [-0.25, -0.2) is 0 Å². The van der Waals surface area contributed by atoms with Crippen molar-refractivity contribution in [2.75, 3.05) is 30.0 Å². The summed E-state index contributed by atoms with van der Waals surface area (Å²) in [6.45, 7) is 2.69. The van der Waals surface area contributed by atoms with Gasteiger partial charge in [-0.1, -0.05) is 24.3 Å². The van der Waals surface area contributed by atoms with Gasteiger partial charge in [0.25, 0.3) is 5.91 Å². The summed E-state index contributed by atoms with van der Waals surface area (Å²) >= 11 is 0. The van der Waals surface area contributed by atoms with E-state index >= 15 is 0 Å².